The highest BCUT2D eigenvalue weighted by Gasteiger charge is 2.24. The Balaban J connectivity index is 4.33. The Kier molecular flexibility index (Phi) is 5.92. The summed E-state index contributed by atoms with van der Waals surface area (Å²) in [5.41, 5.74) is 0. The average molecular weight is 297 g/mol. The summed E-state index contributed by atoms with van der Waals surface area (Å²) in [4.78, 5) is 13.4. The Bertz CT molecular complexity index is 166. The van der Waals surface area contributed by atoms with Crippen LogP contribution in [0.2, 0.25) is 0 Å². The third kappa shape index (κ3) is 4.84. The van der Waals surface area contributed by atoms with E-state index in [2.05, 4.69) is 43.4 Å². The summed E-state index contributed by atoms with van der Waals surface area (Å²) in [7, 11) is 3.66. The largest absolute Gasteiger partial charge is 0.349 e. The average Bonchev–Trinajstić information content (AvgIpc) is 1.97. The number of carbonyl (C=O) groups is 1. The molecule has 0 aliphatic carbocycles. The molecular weight excluding hydrogens is 277 g/mol. The van der Waals surface area contributed by atoms with Crippen LogP contribution >= 0.6 is 22.6 Å². The highest BCUT2D eigenvalue weighted by atomic mass is 127. The van der Waals surface area contributed by atoms with Gasteiger partial charge >= 0.3 is 0 Å². The van der Waals surface area contributed by atoms with Gasteiger partial charge in [0.05, 0.1) is 0 Å². The van der Waals surface area contributed by atoms with E-state index in [9.17, 15) is 4.79 Å². The van der Waals surface area contributed by atoms with Crippen molar-refractivity contribution in [3.8, 4) is 0 Å². The first-order chi connectivity index (χ1) is 5.86. The van der Waals surface area contributed by atoms with E-state index in [0.29, 0.717) is 9.84 Å². The summed E-state index contributed by atoms with van der Waals surface area (Å²) in [6.45, 7) is 6.38. The standard InChI is InChI=1S/C10H20INO/c1-7(2)9(6-8(3)11)10(13)12(4)5/h7-9H,6H2,1-5H3. The first-order valence-corrected chi connectivity index (χ1v) is 5.96. The Morgan fingerprint density at radius 3 is 2.00 bits per heavy atom. The van der Waals surface area contributed by atoms with Crippen LogP contribution in [-0.2, 0) is 4.79 Å². The van der Waals surface area contributed by atoms with Crippen LogP contribution in [0.3, 0.4) is 0 Å². The van der Waals surface area contributed by atoms with E-state index < -0.39 is 0 Å². The SMILES string of the molecule is CC(I)CC(C(=O)N(C)C)C(C)C. The minimum atomic E-state index is 0.182. The Morgan fingerprint density at radius 1 is 1.31 bits per heavy atom. The maximum atomic E-state index is 11.7. The second-order valence-electron chi connectivity index (χ2n) is 4.10. The van der Waals surface area contributed by atoms with Crippen molar-refractivity contribution in [1.82, 2.24) is 4.90 Å². The van der Waals surface area contributed by atoms with Crippen molar-refractivity contribution >= 4 is 28.5 Å². The lowest BCUT2D eigenvalue weighted by atomic mass is 9.90. The first-order valence-electron chi connectivity index (χ1n) is 4.71. The predicted octanol–water partition coefficient (Wildman–Crippen LogP) is 2.56. The van der Waals surface area contributed by atoms with Crippen LogP contribution in [0.1, 0.15) is 27.2 Å². The zero-order valence-electron chi connectivity index (χ0n) is 9.17. The van der Waals surface area contributed by atoms with Crippen LogP contribution in [-0.4, -0.2) is 28.8 Å². The molecule has 2 nitrogen and oxygen atoms in total. The molecule has 0 fully saturated rings. The van der Waals surface area contributed by atoms with E-state index in [1.807, 2.05) is 14.1 Å². The van der Waals surface area contributed by atoms with Gasteiger partial charge < -0.3 is 4.90 Å². The van der Waals surface area contributed by atoms with E-state index in [4.69, 9.17) is 0 Å². The van der Waals surface area contributed by atoms with Gasteiger partial charge in [-0.1, -0.05) is 43.4 Å². The van der Waals surface area contributed by atoms with Crippen LogP contribution in [0.15, 0.2) is 0 Å². The molecule has 2 unspecified atom stereocenters. The molecule has 2 atom stereocenters. The van der Waals surface area contributed by atoms with Gasteiger partial charge in [0.2, 0.25) is 5.91 Å². The Morgan fingerprint density at radius 2 is 1.77 bits per heavy atom. The summed E-state index contributed by atoms with van der Waals surface area (Å²) in [5.74, 6) is 0.882. The molecule has 0 radical (unpaired) electrons. The van der Waals surface area contributed by atoms with E-state index in [1.165, 1.54) is 0 Å². The Hall–Kier alpha value is 0.200. The number of hydrogen-bond acceptors (Lipinski definition) is 1. The number of amides is 1. The van der Waals surface area contributed by atoms with Crippen LogP contribution in [0.25, 0.3) is 0 Å². The van der Waals surface area contributed by atoms with Crippen molar-refractivity contribution in [1.29, 1.82) is 0 Å². The molecule has 0 rings (SSSR count). The van der Waals surface area contributed by atoms with E-state index >= 15 is 0 Å². The molecule has 0 saturated heterocycles. The zero-order chi connectivity index (χ0) is 10.6. The van der Waals surface area contributed by atoms with E-state index in [0.717, 1.165) is 6.42 Å². The Labute approximate surface area is 95.2 Å². The monoisotopic (exact) mass is 297 g/mol. The van der Waals surface area contributed by atoms with Gasteiger partial charge in [0.15, 0.2) is 0 Å². The molecule has 0 N–H and O–H groups in total. The fourth-order valence-corrected chi connectivity index (χ4v) is 1.89. The van der Waals surface area contributed by atoms with Crippen LogP contribution in [0.4, 0.5) is 0 Å². The highest BCUT2D eigenvalue weighted by molar-refractivity contribution is 14.1. The number of carbonyl (C=O) groups excluding carboxylic acids is 1. The molecule has 78 valence electrons. The van der Waals surface area contributed by atoms with Crippen molar-refractivity contribution in [2.24, 2.45) is 11.8 Å². The fraction of sp³-hybridized carbons (Fsp3) is 0.900. The van der Waals surface area contributed by atoms with Gasteiger partial charge in [0.25, 0.3) is 0 Å². The van der Waals surface area contributed by atoms with Crippen molar-refractivity contribution < 1.29 is 4.79 Å². The lowest BCUT2D eigenvalue weighted by molar-refractivity contribution is -0.134. The third-order valence-corrected chi connectivity index (χ3v) is 2.65. The maximum absolute atomic E-state index is 11.7. The third-order valence-electron chi connectivity index (χ3n) is 2.14. The number of hydrogen-bond donors (Lipinski definition) is 0. The summed E-state index contributed by atoms with van der Waals surface area (Å²) < 4.78 is 0.564. The van der Waals surface area contributed by atoms with Gasteiger partial charge in [-0.3, -0.25) is 4.79 Å². The van der Waals surface area contributed by atoms with Crippen molar-refractivity contribution in [3.63, 3.8) is 0 Å². The minimum Gasteiger partial charge on any atom is -0.349 e. The molecule has 0 aliphatic rings. The molecule has 13 heavy (non-hydrogen) atoms. The van der Waals surface area contributed by atoms with Gasteiger partial charge in [-0.25, -0.2) is 0 Å². The quantitative estimate of drug-likeness (QED) is 0.577. The van der Waals surface area contributed by atoms with Crippen LogP contribution < -0.4 is 0 Å². The first kappa shape index (κ1) is 13.2. The van der Waals surface area contributed by atoms with Crippen molar-refractivity contribution in [2.75, 3.05) is 14.1 Å². The predicted molar refractivity (Wildman–Crippen MR) is 65.1 cm³/mol. The molecule has 0 heterocycles. The summed E-state index contributed by atoms with van der Waals surface area (Å²) in [6, 6.07) is 0. The van der Waals surface area contributed by atoms with E-state index in [-0.39, 0.29) is 11.8 Å². The summed E-state index contributed by atoms with van der Waals surface area (Å²) in [6.07, 6.45) is 0.981. The van der Waals surface area contributed by atoms with Gasteiger partial charge in [0.1, 0.15) is 0 Å². The second kappa shape index (κ2) is 5.83. The topological polar surface area (TPSA) is 20.3 Å². The molecule has 0 aromatic carbocycles. The van der Waals surface area contributed by atoms with Gasteiger partial charge in [0, 0.05) is 23.9 Å². The van der Waals surface area contributed by atoms with Crippen molar-refractivity contribution in [2.45, 2.75) is 31.1 Å². The summed E-state index contributed by atoms with van der Waals surface area (Å²) >= 11 is 2.38. The van der Waals surface area contributed by atoms with Crippen molar-refractivity contribution in [3.05, 3.63) is 0 Å². The lowest BCUT2D eigenvalue weighted by Crippen LogP contribution is -2.33. The van der Waals surface area contributed by atoms with E-state index in [1.54, 1.807) is 4.90 Å². The van der Waals surface area contributed by atoms with Gasteiger partial charge in [-0.15, -0.1) is 0 Å². The van der Waals surface area contributed by atoms with Crippen LogP contribution in [0.5, 0.6) is 0 Å². The molecule has 0 bridgehead atoms. The number of rotatable bonds is 4. The maximum Gasteiger partial charge on any atom is 0.225 e. The van der Waals surface area contributed by atoms with Gasteiger partial charge in [-0.05, 0) is 12.3 Å². The minimum absolute atomic E-state index is 0.182. The molecule has 0 spiro atoms. The smallest absolute Gasteiger partial charge is 0.225 e. The molecule has 3 heteroatoms. The number of alkyl halides is 1. The normalized spacial score (nSPS) is 15.6. The molecule has 0 aromatic rings. The second-order valence-corrected chi connectivity index (χ2v) is 6.23. The van der Waals surface area contributed by atoms with Crippen LogP contribution in [0, 0.1) is 11.8 Å². The molecule has 0 aromatic heterocycles. The number of nitrogens with zero attached hydrogens (tertiary/aromatic N) is 1. The van der Waals surface area contributed by atoms with Gasteiger partial charge in [-0.2, -0.15) is 0 Å². The molecular formula is C10H20INO. The fourth-order valence-electron chi connectivity index (χ4n) is 1.34. The highest BCUT2D eigenvalue weighted by Crippen LogP contribution is 2.22. The number of halogens is 1. The lowest BCUT2D eigenvalue weighted by Gasteiger charge is -2.24. The zero-order valence-corrected chi connectivity index (χ0v) is 11.3. The molecule has 0 aliphatic heterocycles. The molecule has 0 saturated carbocycles. The summed E-state index contributed by atoms with van der Waals surface area (Å²) in [5, 5.41) is 0. The molecule has 1 amide bonds.